The number of amides is 1. The molecule has 1 aromatic carbocycles. The van der Waals surface area contributed by atoms with Crippen molar-refractivity contribution in [2.75, 3.05) is 27.8 Å². The van der Waals surface area contributed by atoms with E-state index in [4.69, 9.17) is 17.0 Å². The van der Waals surface area contributed by atoms with Crippen LogP contribution in [0.3, 0.4) is 0 Å². The molecule has 7 heteroatoms. The topological polar surface area (TPSA) is 59.1 Å². The average Bonchev–Trinajstić information content (AvgIpc) is 2.73. The Morgan fingerprint density at radius 2 is 2.00 bits per heavy atom. The first-order valence-corrected chi connectivity index (χ1v) is 6.91. The number of methoxy groups -OCH3 is 2. The molecule has 1 aliphatic rings. The quantitative estimate of drug-likeness (QED) is 0.473. The van der Waals surface area contributed by atoms with E-state index in [1.54, 1.807) is 31.2 Å². The number of thiocarbonyl (C=S) groups is 1. The number of carbonyl (C=O) groups excluding carboxylic acids is 2. The van der Waals surface area contributed by atoms with Crippen LogP contribution >= 0.6 is 12.2 Å². The largest absolute Gasteiger partial charge is 0.496 e. The molecule has 1 aromatic rings. The van der Waals surface area contributed by atoms with Gasteiger partial charge in [-0.15, -0.1) is 0 Å². The van der Waals surface area contributed by atoms with Crippen LogP contribution in [0.25, 0.3) is 6.08 Å². The summed E-state index contributed by atoms with van der Waals surface area (Å²) in [6, 6.07) is 7.32. The van der Waals surface area contributed by atoms with Crippen LogP contribution in [0.1, 0.15) is 5.56 Å². The molecular formula is C15H16N2O4S. The van der Waals surface area contributed by atoms with E-state index < -0.39 is 5.97 Å². The molecule has 1 fully saturated rings. The van der Waals surface area contributed by atoms with Gasteiger partial charge in [0, 0.05) is 12.6 Å². The lowest BCUT2D eigenvalue weighted by molar-refractivity contribution is -0.143. The van der Waals surface area contributed by atoms with Gasteiger partial charge in [0.05, 0.1) is 14.2 Å². The Kier molecular flexibility index (Phi) is 4.77. The van der Waals surface area contributed by atoms with Crippen LogP contribution < -0.4 is 4.74 Å². The lowest BCUT2D eigenvalue weighted by Crippen LogP contribution is -2.36. The highest BCUT2D eigenvalue weighted by Crippen LogP contribution is 2.26. The summed E-state index contributed by atoms with van der Waals surface area (Å²) in [4.78, 5) is 26.6. The highest BCUT2D eigenvalue weighted by atomic mass is 32.1. The first-order valence-electron chi connectivity index (χ1n) is 6.50. The third-order valence-electron chi connectivity index (χ3n) is 3.29. The Labute approximate surface area is 133 Å². The number of rotatable bonds is 4. The van der Waals surface area contributed by atoms with Gasteiger partial charge in [-0.2, -0.15) is 0 Å². The summed E-state index contributed by atoms with van der Waals surface area (Å²) >= 11 is 5.21. The molecule has 0 bridgehead atoms. The predicted molar refractivity (Wildman–Crippen MR) is 85.1 cm³/mol. The van der Waals surface area contributed by atoms with Crippen molar-refractivity contribution in [3.63, 3.8) is 0 Å². The highest BCUT2D eigenvalue weighted by molar-refractivity contribution is 7.80. The minimum absolute atomic E-state index is 0.207. The molecule has 0 radical (unpaired) electrons. The molecule has 0 saturated carbocycles. The fraction of sp³-hybridized carbons (Fsp3) is 0.267. The maximum Gasteiger partial charge on any atom is 0.325 e. The van der Waals surface area contributed by atoms with Crippen molar-refractivity contribution in [2.24, 2.45) is 0 Å². The molecule has 22 heavy (non-hydrogen) atoms. The Morgan fingerprint density at radius 3 is 2.64 bits per heavy atom. The second kappa shape index (κ2) is 6.57. The molecule has 0 spiro atoms. The van der Waals surface area contributed by atoms with Gasteiger partial charge >= 0.3 is 5.97 Å². The number of hydrogen-bond acceptors (Lipinski definition) is 5. The van der Waals surface area contributed by atoms with E-state index in [-0.39, 0.29) is 17.6 Å². The van der Waals surface area contributed by atoms with Gasteiger partial charge in [0.2, 0.25) is 0 Å². The van der Waals surface area contributed by atoms with Crippen LogP contribution in [-0.2, 0) is 14.3 Å². The van der Waals surface area contributed by atoms with Crippen LogP contribution in [0, 0.1) is 0 Å². The van der Waals surface area contributed by atoms with Crippen molar-refractivity contribution >= 4 is 35.3 Å². The Hall–Kier alpha value is -2.41. The summed E-state index contributed by atoms with van der Waals surface area (Å²) in [7, 11) is 4.51. The van der Waals surface area contributed by atoms with E-state index in [2.05, 4.69) is 4.74 Å². The summed E-state index contributed by atoms with van der Waals surface area (Å²) in [5.41, 5.74) is 1.13. The summed E-state index contributed by atoms with van der Waals surface area (Å²) in [6.07, 6.45) is 1.69. The van der Waals surface area contributed by atoms with Crippen molar-refractivity contribution in [3.8, 4) is 5.75 Å². The lowest BCUT2D eigenvalue weighted by atomic mass is 10.1. The van der Waals surface area contributed by atoms with Gasteiger partial charge in [0.1, 0.15) is 18.0 Å². The lowest BCUT2D eigenvalue weighted by Gasteiger charge is -2.14. The number of para-hydroxylation sites is 1. The molecular weight excluding hydrogens is 304 g/mol. The second-order valence-corrected chi connectivity index (χ2v) is 4.95. The van der Waals surface area contributed by atoms with E-state index in [9.17, 15) is 9.59 Å². The van der Waals surface area contributed by atoms with Gasteiger partial charge in [0.15, 0.2) is 5.11 Å². The van der Waals surface area contributed by atoms with Crippen molar-refractivity contribution in [2.45, 2.75) is 0 Å². The maximum absolute atomic E-state index is 12.5. The molecule has 1 aliphatic heterocycles. The molecule has 0 N–H and O–H groups in total. The molecule has 116 valence electrons. The molecule has 1 amide bonds. The molecule has 1 heterocycles. The van der Waals surface area contributed by atoms with E-state index in [0.29, 0.717) is 11.4 Å². The van der Waals surface area contributed by atoms with Crippen molar-refractivity contribution in [1.29, 1.82) is 0 Å². The second-order valence-electron chi connectivity index (χ2n) is 4.58. The van der Waals surface area contributed by atoms with E-state index in [0.717, 1.165) is 5.56 Å². The van der Waals surface area contributed by atoms with Crippen LogP contribution in [-0.4, -0.2) is 54.6 Å². The fourth-order valence-corrected chi connectivity index (χ4v) is 2.32. The number of likely N-dealkylation sites (N-methyl/N-ethyl adjacent to an activating group) is 1. The van der Waals surface area contributed by atoms with Gasteiger partial charge in [-0.1, -0.05) is 18.2 Å². The van der Waals surface area contributed by atoms with E-state index in [1.165, 1.54) is 12.0 Å². The first-order chi connectivity index (χ1) is 10.5. The molecule has 0 aliphatic carbocycles. The van der Waals surface area contributed by atoms with Crippen LogP contribution in [0.5, 0.6) is 5.75 Å². The fourth-order valence-electron chi connectivity index (χ4n) is 2.08. The zero-order valence-corrected chi connectivity index (χ0v) is 13.3. The summed E-state index contributed by atoms with van der Waals surface area (Å²) in [5, 5.41) is 0.261. The number of hydrogen-bond donors (Lipinski definition) is 0. The average molecular weight is 320 g/mol. The van der Waals surface area contributed by atoms with E-state index in [1.807, 2.05) is 18.2 Å². The van der Waals surface area contributed by atoms with Crippen LogP contribution in [0.4, 0.5) is 0 Å². The number of ether oxygens (including phenoxy) is 2. The monoisotopic (exact) mass is 320 g/mol. The Balaban J connectivity index is 2.35. The minimum atomic E-state index is -0.525. The van der Waals surface area contributed by atoms with Crippen molar-refractivity contribution < 1.29 is 19.1 Å². The van der Waals surface area contributed by atoms with Gasteiger partial charge in [0.25, 0.3) is 5.91 Å². The van der Waals surface area contributed by atoms with Gasteiger partial charge < -0.3 is 14.4 Å². The van der Waals surface area contributed by atoms with Crippen LogP contribution in [0.15, 0.2) is 30.0 Å². The van der Waals surface area contributed by atoms with Crippen molar-refractivity contribution in [1.82, 2.24) is 9.80 Å². The molecule has 0 unspecified atom stereocenters. The zero-order chi connectivity index (χ0) is 16.3. The third-order valence-corrected chi connectivity index (χ3v) is 3.78. The maximum atomic E-state index is 12.5. The van der Waals surface area contributed by atoms with Gasteiger partial charge in [-0.25, -0.2) is 0 Å². The van der Waals surface area contributed by atoms with Gasteiger partial charge in [-0.3, -0.25) is 14.5 Å². The van der Waals surface area contributed by atoms with Gasteiger partial charge in [-0.05, 0) is 24.4 Å². The highest BCUT2D eigenvalue weighted by Gasteiger charge is 2.37. The number of esters is 1. The van der Waals surface area contributed by atoms with Crippen LogP contribution in [0.2, 0.25) is 0 Å². The number of carbonyl (C=O) groups is 2. The predicted octanol–water partition coefficient (Wildman–Crippen LogP) is 1.27. The Morgan fingerprint density at radius 1 is 1.32 bits per heavy atom. The smallest absolute Gasteiger partial charge is 0.325 e. The summed E-state index contributed by atoms with van der Waals surface area (Å²) < 4.78 is 9.85. The third kappa shape index (κ3) is 2.94. The molecule has 2 rings (SSSR count). The standard InChI is InChI=1S/C15H16N2O4S/c1-16-11(8-10-6-4-5-7-12(10)20-2)14(19)17(15(16)22)9-13(18)21-3/h4-8H,9H2,1-3H3/b11-8-. The number of nitrogens with zero attached hydrogens (tertiary/aromatic N) is 2. The molecule has 0 aromatic heterocycles. The Bertz CT molecular complexity index is 657. The minimum Gasteiger partial charge on any atom is -0.496 e. The van der Waals surface area contributed by atoms with E-state index >= 15 is 0 Å². The summed E-state index contributed by atoms with van der Waals surface area (Å²) in [5.74, 6) is -0.222. The molecule has 6 nitrogen and oxygen atoms in total. The summed E-state index contributed by atoms with van der Waals surface area (Å²) in [6.45, 7) is -0.207. The first kappa shape index (κ1) is 16.0. The molecule has 0 atom stereocenters. The number of benzene rings is 1. The normalized spacial score (nSPS) is 16.4. The van der Waals surface area contributed by atoms with Crippen molar-refractivity contribution in [3.05, 3.63) is 35.5 Å². The SMILES string of the molecule is COC(=O)CN1C(=O)/C(=C/c2ccccc2OC)N(C)C1=S. The molecule has 1 saturated heterocycles. The zero-order valence-electron chi connectivity index (χ0n) is 12.5.